The average molecular weight is 202 g/mol. The molecule has 3 N–H and O–H groups in total. The van der Waals surface area contributed by atoms with Crippen molar-refractivity contribution >= 4 is 16.3 Å². The summed E-state index contributed by atoms with van der Waals surface area (Å²) in [5, 5.41) is 19.3. The highest BCUT2D eigenvalue weighted by Gasteiger charge is 2.24. The lowest BCUT2D eigenvalue weighted by atomic mass is 10.0. The molecule has 0 fully saturated rings. The van der Waals surface area contributed by atoms with Gasteiger partial charge < -0.3 is 10.8 Å². The molecule has 1 heterocycles. The van der Waals surface area contributed by atoms with Crippen LogP contribution in [0.3, 0.4) is 0 Å². The van der Waals surface area contributed by atoms with Gasteiger partial charge >= 0.3 is 5.00 Å². The second kappa shape index (κ2) is 3.41. The molecule has 0 bridgehead atoms. The van der Waals surface area contributed by atoms with Gasteiger partial charge in [0, 0.05) is 10.9 Å². The van der Waals surface area contributed by atoms with Crippen LogP contribution >= 0.6 is 11.3 Å². The van der Waals surface area contributed by atoms with Crippen LogP contribution in [0.4, 0.5) is 5.00 Å². The third kappa shape index (κ3) is 2.03. The van der Waals surface area contributed by atoms with Gasteiger partial charge in [-0.2, -0.15) is 0 Å². The summed E-state index contributed by atoms with van der Waals surface area (Å²) in [6, 6.07) is 2.96. The highest BCUT2D eigenvalue weighted by Crippen LogP contribution is 2.30. The molecule has 1 rings (SSSR count). The van der Waals surface area contributed by atoms with E-state index in [9.17, 15) is 10.1 Å². The predicted octanol–water partition coefficient (Wildman–Crippen LogP) is 0.823. The van der Waals surface area contributed by atoms with Gasteiger partial charge in [-0.25, -0.2) is 0 Å². The normalized spacial score (nSPS) is 15.3. The first-order chi connectivity index (χ1) is 5.97. The average Bonchev–Trinajstić information content (AvgIpc) is 2.52. The third-order valence-electron chi connectivity index (χ3n) is 1.66. The van der Waals surface area contributed by atoms with Gasteiger partial charge in [0.25, 0.3) is 0 Å². The van der Waals surface area contributed by atoms with Crippen molar-refractivity contribution in [2.24, 2.45) is 5.73 Å². The van der Waals surface area contributed by atoms with Crippen molar-refractivity contribution in [1.29, 1.82) is 0 Å². The molecular weight excluding hydrogens is 192 g/mol. The lowest BCUT2D eigenvalue weighted by Crippen LogP contribution is -2.35. The van der Waals surface area contributed by atoms with E-state index in [0.29, 0.717) is 4.88 Å². The molecular formula is C7H10N2O3S. The maximum atomic E-state index is 10.3. The molecule has 0 aromatic carbocycles. The Bertz CT molecular complexity index is 321. The first-order valence-electron chi connectivity index (χ1n) is 3.62. The SMILES string of the molecule is CC(N)(CO)c1ccc([N+](=O)[O-])s1. The van der Waals surface area contributed by atoms with Gasteiger partial charge in [0.05, 0.1) is 17.1 Å². The van der Waals surface area contributed by atoms with Gasteiger partial charge in [0.15, 0.2) is 0 Å². The summed E-state index contributed by atoms with van der Waals surface area (Å²) in [5.74, 6) is 0. The minimum absolute atomic E-state index is 0.0418. The van der Waals surface area contributed by atoms with E-state index in [1.165, 1.54) is 6.07 Å². The minimum atomic E-state index is -0.890. The maximum absolute atomic E-state index is 10.3. The van der Waals surface area contributed by atoms with E-state index >= 15 is 0 Å². The summed E-state index contributed by atoms with van der Waals surface area (Å²) < 4.78 is 0. The Hall–Kier alpha value is -0.980. The molecule has 5 nitrogen and oxygen atoms in total. The Morgan fingerprint density at radius 3 is 2.77 bits per heavy atom. The lowest BCUT2D eigenvalue weighted by Gasteiger charge is -2.18. The number of nitrogens with zero attached hydrogens (tertiary/aromatic N) is 1. The fourth-order valence-corrected chi connectivity index (χ4v) is 1.68. The molecule has 0 saturated carbocycles. The molecule has 1 aromatic rings. The van der Waals surface area contributed by atoms with Gasteiger partial charge in [-0.05, 0) is 13.0 Å². The molecule has 0 saturated heterocycles. The Morgan fingerprint density at radius 1 is 1.77 bits per heavy atom. The van der Waals surface area contributed by atoms with Gasteiger partial charge in [-0.15, -0.1) is 0 Å². The van der Waals surface area contributed by atoms with Crippen LogP contribution in [0.1, 0.15) is 11.8 Å². The standard InChI is InChI=1S/C7H10N2O3S/c1-7(8,4-10)5-2-3-6(13-5)9(11)12/h2-3,10H,4,8H2,1H3. The number of rotatable bonds is 3. The monoisotopic (exact) mass is 202 g/mol. The maximum Gasteiger partial charge on any atom is 0.324 e. The van der Waals surface area contributed by atoms with E-state index in [1.807, 2.05) is 0 Å². The van der Waals surface area contributed by atoms with Crippen molar-refractivity contribution in [3.05, 3.63) is 27.1 Å². The summed E-state index contributed by atoms with van der Waals surface area (Å²) in [6.45, 7) is 1.40. The van der Waals surface area contributed by atoms with Crippen LogP contribution < -0.4 is 5.73 Å². The number of hydrogen-bond acceptors (Lipinski definition) is 5. The van der Waals surface area contributed by atoms with Crippen molar-refractivity contribution in [3.63, 3.8) is 0 Å². The number of nitrogens with two attached hydrogens (primary N) is 1. The highest BCUT2D eigenvalue weighted by molar-refractivity contribution is 7.15. The van der Waals surface area contributed by atoms with Gasteiger partial charge in [0.1, 0.15) is 0 Å². The molecule has 0 aliphatic rings. The van der Waals surface area contributed by atoms with E-state index in [2.05, 4.69) is 0 Å². The Balaban J connectivity index is 2.98. The predicted molar refractivity (Wildman–Crippen MR) is 49.6 cm³/mol. The minimum Gasteiger partial charge on any atom is -0.394 e. The van der Waals surface area contributed by atoms with Crippen molar-refractivity contribution < 1.29 is 10.0 Å². The van der Waals surface area contributed by atoms with Crippen LogP contribution in [0, 0.1) is 10.1 Å². The quantitative estimate of drug-likeness (QED) is 0.561. The van der Waals surface area contributed by atoms with Crippen molar-refractivity contribution in [3.8, 4) is 0 Å². The van der Waals surface area contributed by atoms with E-state index in [1.54, 1.807) is 13.0 Å². The lowest BCUT2D eigenvalue weighted by molar-refractivity contribution is -0.380. The number of thiophene rings is 1. The second-order valence-corrected chi connectivity index (χ2v) is 4.03. The zero-order valence-corrected chi connectivity index (χ0v) is 7.87. The Morgan fingerprint density at radius 2 is 2.38 bits per heavy atom. The molecule has 0 amide bonds. The largest absolute Gasteiger partial charge is 0.394 e. The molecule has 72 valence electrons. The third-order valence-corrected chi connectivity index (χ3v) is 2.98. The van der Waals surface area contributed by atoms with Crippen LogP contribution in [0.25, 0.3) is 0 Å². The summed E-state index contributed by atoms with van der Waals surface area (Å²) in [6.07, 6.45) is 0. The molecule has 0 aliphatic carbocycles. The smallest absolute Gasteiger partial charge is 0.324 e. The van der Waals surface area contributed by atoms with E-state index in [4.69, 9.17) is 10.8 Å². The molecule has 0 aliphatic heterocycles. The highest BCUT2D eigenvalue weighted by atomic mass is 32.1. The van der Waals surface area contributed by atoms with Crippen LogP contribution in [0.2, 0.25) is 0 Å². The Labute approximate surface area is 79.0 Å². The van der Waals surface area contributed by atoms with Gasteiger partial charge in [-0.1, -0.05) is 11.3 Å². The first-order valence-corrected chi connectivity index (χ1v) is 4.43. The first kappa shape index (κ1) is 10.1. The summed E-state index contributed by atoms with van der Waals surface area (Å²) in [7, 11) is 0. The Kier molecular flexibility index (Phi) is 2.65. The van der Waals surface area contributed by atoms with Crippen molar-refractivity contribution in [1.82, 2.24) is 0 Å². The molecule has 1 aromatic heterocycles. The summed E-state index contributed by atoms with van der Waals surface area (Å²) in [5.41, 5.74) is 4.80. The van der Waals surface area contributed by atoms with Gasteiger partial charge in [-0.3, -0.25) is 10.1 Å². The number of hydrogen-bond donors (Lipinski definition) is 2. The molecule has 0 radical (unpaired) electrons. The van der Waals surface area contributed by atoms with E-state index in [0.717, 1.165) is 11.3 Å². The van der Waals surface area contributed by atoms with Crippen LogP contribution in [0.15, 0.2) is 12.1 Å². The zero-order valence-electron chi connectivity index (χ0n) is 7.06. The molecule has 0 spiro atoms. The second-order valence-electron chi connectivity index (χ2n) is 2.97. The van der Waals surface area contributed by atoms with Gasteiger partial charge in [0.2, 0.25) is 0 Å². The summed E-state index contributed by atoms with van der Waals surface area (Å²) in [4.78, 5) is 10.5. The van der Waals surface area contributed by atoms with E-state index < -0.39 is 10.5 Å². The van der Waals surface area contributed by atoms with Crippen molar-refractivity contribution in [2.75, 3.05) is 6.61 Å². The fraction of sp³-hybridized carbons (Fsp3) is 0.429. The van der Waals surface area contributed by atoms with E-state index in [-0.39, 0.29) is 11.6 Å². The van der Waals surface area contributed by atoms with Crippen LogP contribution in [-0.4, -0.2) is 16.6 Å². The zero-order chi connectivity index (χ0) is 10.1. The number of aliphatic hydroxyl groups is 1. The fourth-order valence-electron chi connectivity index (χ4n) is 0.811. The topological polar surface area (TPSA) is 89.4 Å². The number of aliphatic hydroxyl groups excluding tert-OH is 1. The van der Waals surface area contributed by atoms with Crippen LogP contribution in [0.5, 0.6) is 0 Å². The van der Waals surface area contributed by atoms with Crippen molar-refractivity contribution in [2.45, 2.75) is 12.5 Å². The molecule has 6 heteroatoms. The molecule has 1 unspecified atom stereocenters. The molecule has 1 atom stereocenters. The molecule has 13 heavy (non-hydrogen) atoms. The number of nitro groups is 1. The van der Waals surface area contributed by atoms with Crippen LogP contribution in [-0.2, 0) is 5.54 Å². The summed E-state index contributed by atoms with van der Waals surface area (Å²) >= 11 is 0.988.